The number of carboxylic acid groups (broad SMARTS) is 1. The molecule has 6 nitrogen and oxygen atoms in total. The van der Waals surface area contributed by atoms with Crippen LogP contribution < -0.4 is 5.32 Å². The molecule has 0 amide bonds. The standard InChI is InChI=1S/C11H15NO5/c1-6(12-9(5-13)11(16)17)8-3-2-7(14)4-10(8)15/h2-4,6,9,12-15H,5H2,1H3,(H,16,17). The second kappa shape index (κ2) is 5.51. The number of hydrogen-bond acceptors (Lipinski definition) is 5. The quantitative estimate of drug-likeness (QED) is 0.503. The van der Waals surface area contributed by atoms with Gasteiger partial charge in [-0.3, -0.25) is 10.1 Å². The van der Waals surface area contributed by atoms with Crippen molar-refractivity contribution in [1.29, 1.82) is 0 Å². The van der Waals surface area contributed by atoms with E-state index in [2.05, 4.69) is 5.32 Å². The van der Waals surface area contributed by atoms with E-state index >= 15 is 0 Å². The summed E-state index contributed by atoms with van der Waals surface area (Å²) in [6.45, 7) is 1.11. The smallest absolute Gasteiger partial charge is 0.323 e. The van der Waals surface area contributed by atoms with Crippen LogP contribution in [0.3, 0.4) is 0 Å². The van der Waals surface area contributed by atoms with Gasteiger partial charge < -0.3 is 20.4 Å². The SMILES string of the molecule is CC(NC(CO)C(=O)O)c1ccc(O)cc1O. The number of rotatable bonds is 5. The van der Waals surface area contributed by atoms with E-state index in [0.29, 0.717) is 5.56 Å². The van der Waals surface area contributed by atoms with Crippen molar-refractivity contribution < 1.29 is 25.2 Å². The molecule has 0 saturated carbocycles. The van der Waals surface area contributed by atoms with Crippen LogP contribution >= 0.6 is 0 Å². The minimum absolute atomic E-state index is 0.0737. The van der Waals surface area contributed by atoms with Gasteiger partial charge in [-0.25, -0.2) is 0 Å². The molecule has 0 bridgehead atoms. The predicted octanol–water partition coefficient (Wildman–Crippen LogP) is 0.194. The Morgan fingerprint density at radius 2 is 2.06 bits per heavy atom. The Kier molecular flexibility index (Phi) is 4.30. The van der Waals surface area contributed by atoms with Crippen LogP contribution in [0.4, 0.5) is 0 Å². The van der Waals surface area contributed by atoms with Crippen molar-refractivity contribution in [1.82, 2.24) is 5.32 Å². The minimum Gasteiger partial charge on any atom is -0.508 e. The van der Waals surface area contributed by atoms with E-state index in [1.165, 1.54) is 18.2 Å². The predicted molar refractivity (Wildman–Crippen MR) is 59.8 cm³/mol. The highest BCUT2D eigenvalue weighted by Gasteiger charge is 2.20. The molecule has 0 fully saturated rings. The Balaban J connectivity index is 2.82. The van der Waals surface area contributed by atoms with Crippen LogP contribution in [-0.2, 0) is 4.79 Å². The number of aliphatic carboxylic acids is 1. The molecule has 0 heterocycles. The number of aromatic hydroxyl groups is 2. The first-order valence-electron chi connectivity index (χ1n) is 5.07. The van der Waals surface area contributed by atoms with E-state index in [0.717, 1.165) is 0 Å². The summed E-state index contributed by atoms with van der Waals surface area (Å²) in [7, 11) is 0. The zero-order chi connectivity index (χ0) is 13.0. The Labute approximate surface area is 98.1 Å². The number of benzene rings is 1. The third-order valence-corrected chi connectivity index (χ3v) is 2.41. The highest BCUT2D eigenvalue weighted by Crippen LogP contribution is 2.27. The average Bonchev–Trinajstić information content (AvgIpc) is 2.24. The lowest BCUT2D eigenvalue weighted by Crippen LogP contribution is -2.41. The van der Waals surface area contributed by atoms with Gasteiger partial charge in [0.25, 0.3) is 0 Å². The number of aliphatic hydroxyl groups is 1. The van der Waals surface area contributed by atoms with Crippen LogP contribution in [-0.4, -0.2) is 39.0 Å². The summed E-state index contributed by atoms with van der Waals surface area (Å²) < 4.78 is 0. The molecule has 1 aromatic rings. The number of aliphatic hydroxyl groups excluding tert-OH is 1. The van der Waals surface area contributed by atoms with Gasteiger partial charge in [0.2, 0.25) is 0 Å². The molecule has 2 unspecified atom stereocenters. The number of phenols is 2. The molecule has 94 valence electrons. The van der Waals surface area contributed by atoms with Gasteiger partial charge in [-0.1, -0.05) is 6.07 Å². The van der Waals surface area contributed by atoms with Crippen LogP contribution in [0.25, 0.3) is 0 Å². The third-order valence-electron chi connectivity index (χ3n) is 2.41. The molecule has 2 atom stereocenters. The Bertz CT molecular complexity index is 407. The highest BCUT2D eigenvalue weighted by molar-refractivity contribution is 5.73. The molecule has 0 aliphatic heterocycles. The monoisotopic (exact) mass is 241 g/mol. The van der Waals surface area contributed by atoms with Crippen LogP contribution in [0, 0.1) is 0 Å². The second-order valence-corrected chi connectivity index (χ2v) is 3.70. The van der Waals surface area contributed by atoms with E-state index in [4.69, 9.17) is 15.3 Å². The van der Waals surface area contributed by atoms with Crippen molar-refractivity contribution in [3.8, 4) is 11.5 Å². The van der Waals surface area contributed by atoms with Crippen LogP contribution in [0.15, 0.2) is 18.2 Å². The maximum atomic E-state index is 10.7. The molecular formula is C11H15NO5. The number of phenolic OH excluding ortho intramolecular Hbond substituents is 2. The highest BCUT2D eigenvalue weighted by atomic mass is 16.4. The summed E-state index contributed by atoms with van der Waals surface area (Å²) in [5.41, 5.74) is 0.447. The van der Waals surface area contributed by atoms with Gasteiger partial charge >= 0.3 is 5.97 Å². The number of nitrogens with one attached hydrogen (secondary N) is 1. The largest absolute Gasteiger partial charge is 0.508 e. The molecule has 0 radical (unpaired) electrons. The molecule has 0 spiro atoms. The van der Waals surface area contributed by atoms with E-state index in [-0.39, 0.29) is 11.5 Å². The summed E-state index contributed by atoms with van der Waals surface area (Å²) in [5, 5.41) is 39.0. The topological polar surface area (TPSA) is 110 Å². The van der Waals surface area contributed by atoms with Crippen LogP contribution in [0.2, 0.25) is 0 Å². The summed E-state index contributed by atoms with van der Waals surface area (Å²) >= 11 is 0. The van der Waals surface area contributed by atoms with Gasteiger partial charge in [-0.2, -0.15) is 0 Å². The van der Waals surface area contributed by atoms with Gasteiger partial charge in [0.15, 0.2) is 0 Å². The fourth-order valence-corrected chi connectivity index (χ4v) is 1.49. The summed E-state index contributed by atoms with van der Waals surface area (Å²) in [4.78, 5) is 10.7. The van der Waals surface area contributed by atoms with Crippen molar-refractivity contribution in [2.24, 2.45) is 0 Å². The summed E-state index contributed by atoms with van der Waals surface area (Å²) in [6.07, 6.45) is 0. The molecule has 0 aliphatic rings. The molecule has 0 aliphatic carbocycles. The molecule has 0 saturated heterocycles. The Morgan fingerprint density at radius 1 is 1.41 bits per heavy atom. The Morgan fingerprint density at radius 3 is 2.53 bits per heavy atom. The lowest BCUT2D eigenvalue weighted by molar-refractivity contribution is -0.140. The maximum Gasteiger partial charge on any atom is 0.323 e. The number of hydrogen-bond donors (Lipinski definition) is 5. The van der Waals surface area contributed by atoms with Crippen molar-refractivity contribution in [2.75, 3.05) is 6.61 Å². The first kappa shape index (κ1) is 13.3. The lowest BCUT2D eigenvalue weighted by atomic mass is 10.1. The lowest BCUT2D eigenvalue weighted by Gasteiger charge is -2.19. The molecule has 1 aromatic carbocycles. The van der Waals surface area contributed by atoms with Crippen LogP contribution in [0.1, 0.15) is 18.5 Å². The molecule has 6 heteroatoms. The molecule has 5 N–H and O–H groups in total. The van der Waals surface area contributed by atoms with E-state index in [1.807, 2.05) is 0 Å². The second-order valence-electron chi connectivity index (χ2n) is 3.70. The fourth-order valence-electron chi connectivity index (χ4n) is 1.49. The van der Waals surface area contributed by atoms with Crippen molar-refractivity contribution in [3.05, 3.63) is 23.8 Å². The summed E-state index contributed by atoms with van der Waals surface area (Å²) in [5.74, 6) is -1.37. The third kappa shape index (κ3) is 3.33. The molecular weight excluding hydrogens is 226 g/mol. The number of carboxylic acids is 1. The van der Waals surface area contributed by atoms with E-state index in [1.54, 1.807) is 6.92 Å². The summed E-state index contributed by atoms with van der Waals surface area (Å²) in [6, 6.07) is 2.48. The Hall–Kier alpha value is -1.79. The average molecular weight is 241 g/mol. The fraction of sp³-hybridized carbons (Fsp3) is 0.364. The molecule has 1 rings (SSSR count). The van der Waals surface area contributed by atoms with E-state index in [9.17, 15) is 9.90 Å². The van der Waals surface area contributed by atoms with Gasteiger partial charge in [-0.15, -0.1) is 0 Å². The first-order chi connectivity index (χ1) is 7.95. The van der Waals surface area contributed by atoms with Gasteiger partial charge in [0, 0.05) is 17.7 Å². The molecule has 17 heavy (non-hydrogen) atoms. The van der Waals surface area contributed by atoms with Gasteiger partial charge in [-0.05, 0) is 13.0 Å². The first-order valence-corrected chi connectivity index (χ1v) is 5.07. The minimum atomic E-state index is -1.17. The van der Waals surface area contributed by atoms with Crippen molar-refractivity contribution in [2.45, 2.75) is 19.0 Å². The zero-order valence-electron chi connectivity index (χ0n) is 9.29. The van der Waals surface area contributed by atoms with Gasteiger partial charge in [0.1, 0.15) is 17.5 Å². The van der Waals surface area contributed by atoms with Crippen molar-refractivity contribution in [3.63, 3.8) is 0 Å². The van der Waals surface area contributed by atoms with Gasteiger partial charge in [0.05, 0.1) is 6.61 Å². The van der Waals surface area contributed by atoms with Crippen molar-refractivity contribution >= 4 is 5.97 Å². The zero-order valence-corrected chi connectivity index (χ0v) is 9.29. The van der Waals surface area contributed by atoms with Crippen LogP contribution in [0.5, 0.6) is 11.5 Å². The van der Waals surface area contributed by atoms with E-state index < -0.39 is 24.7 Å². The maximum absolute atomic E-state index is 10.7. The normalized spacial score (nSPS) is 14.2. The number of carbonyl (C=O) groups is 1. The molecule has 0 aromatic heterocycles.